The summed E-state index contributed by atoms with van der Waals surface area (Å²) in [5.74, 6) is -1.15. The third kappa shape index (κ3) is 3.61. The number of rotatable bonds is 4. The second-order valence-corrected chi connectivity index (χ2v) is 7.95. The van der Waals surface area contributed by atoms with E-state index in [0.717, 1.165) is 16.0 Å². The molecule has 0 unspecified atom stereocenters. The van der Waals surface area contributed by atoms with E-state index in [2.05, 4.69) is 0 Å². The molecule has 0 fully saturated rings. The number of thioether (sulfide) groups is 1. The van der Waals surface area contributed by atoms with E-state index in [1.165, 1.54) is 40.9 Å². The Kier molecular flexibility index (Phi) is 5.07. The number of carbonyl (C=O) groups is 2. The summed E-state index contributed by atoms with van der Waals surface area (Å²) in [5.41, 5.74) is 3.18. The number of halogens is 1. The van der Waals surface area contributed by atoms with Gasteiger partial charge in [-0.05, 0) is 60.9 Å². The number of hydrogen-bond donors (Lipinski definition) is 0. The van der Waals surface area contributed by atoms with E-state index in [-0.39, 0.29) is 5.91 Å². The quantitative estimate of drug-likeness (QED) is 0.538. The molecule has 3 aromatic carbocycles. The molecule has 3 nitrogen and oxygen atoms in total. The highest BCUT2D eigenvalue weighted by Crippen LogP contribution is 2.42. The molecule has 3 aromatic rings. The maximum Gasteiger partial charge on any atom is 0.272 e. The van der Waals surface area contributed by atoms with Crippen LogP contribution in [0.2, 0.25) is 0 Å². The highest BCUT2D eigenvalue weighted by Gasteiger charge is 2.41. The molecule has 0 N–H and O–H groups in total. The van der Waals surface area contributed by atoms with Crippen molar-refractivity contribution in [2.24, 2.45) is 0 Å². The van der Waals surface area contributed by atoms with Gasteiger partial charge in [-0.15, -0.1) is 0 Å². The number of anilines is 1. The van der Waals surface area contributed by atoms with E-state index in [1.54, 1.807) is 0 Å². The van der Waals surface area contributed by atoms with Crippen LogP contribution in [0.4, 0.5) is 10.1 Å². The van der Waals surface area contributed by atoms with Crippen molar-refractivity contribution in [3.8, 4) is 0 Å². The molecule has 0 saturated heterocycles. The Hall–Kier alpha value is -3.18. The van der Waals surface area contributed by atoms with Crippen molar-refractivity contribution in [1.29, 1.82) is 0 Å². The normalized spacial score (nSPS) is 14.1. The van der Waals surface area contributed by atoms with Gasteiger partial charge in [0, 0.05) is 4.90 Å². The van der Waals surface area contributed by atoms with Gasteiger partial charge in [0.15, 0.2) is 0 Å². The lowest BCUT2D eigenvalue weighted by Crippen LogP contribution is -2.32. The Morgan fingerprint density at radius 2 is 1.52 bits per heavy atom. The molecule has 5 heteroatoms. The highest BCUT2D eigenvalue weighted by molar-refractivity contribution is 8.04. The van der Waals surface area contributed by atoms with Gasteiger partial charge in [0.1, 0.15) is 5.82 Å². The Bertz CT molecular complexity index is 1140. The fourth-order valence-corrected chi connectivity index (χ4v) is 4.28. The van der Waals surface area contributed by atoms with Gasteiger partial charge in [0.05, 0.1) is 16.2 Å². The zero-order chi connectivity index (χ0) is 20.5. The van der Waals surface area contributed by atoms with Gasteiger partial charge >= 0.3 is 0 Å². The molecule has 1 aliphatic rings. The number of carbonyl (C=O) groups excluding carboxylic acids is 2. The monoisotopic (exact) mass is 403 g/mol. The molecule has 1 heterocycles. The number of hydrogen-bond acceptors (Lipinski definition) is 3. The van der Waals surface area contributed by atoms with Gasteiger partial charge in [0.25, 0.3) is 11.8 Å². The Morgan fingerprint density at radius 1 is 0.828 bits per heavy atom. The first-order valence-electron chi connectivity index (χ1n) is 9.15. The van der Waals surface area contributed by atoms with Crippen molar-refractivity contribution in [3.05, 3.63) is 100 Å². The van der Waals surface area contributed by atoms with E-state index in [9.17, 15) is 14.0 Å². The van der Waals surface area contributed by atoms with Crippen molar-refractivity contribution in [2.45, 2.75) is 18.7 Å². The van der Waals surface area contributed by atoms with Crippen molar-refractivity contribution in [2.75, 3.05) is 4.90 Å². The van der Waals surface area contributed by atoms with Gasteiger partial charge in [-0.1, -0.05) is 54.2 Å². The number of benzene rings is 3. The van der Waals surface area contributed by atoms with Crippen LogP contribution in [0.1, 0.15) is 16.7 Å². The van der Waals surface area contributed by atoms with E-state index in [0.29, 0.717) is 21.7 Å². The lowest BCUT2D eigenvalue weighted by molar-refractivity contribution is -0.119. The van der Waals surface area contributed by atoms with Crippen LogP contribution in [-0.2, 0) is 9.59 Å². The molecule has 0 radical (unpaired) electrons. The van der Waals surface area contributed by atoms with E-state index < -0.39 is 11.7 Å². The fourth-order valence-electron chi connectivity index (χ4n) is 3.26. The van der Waals surface area contributed by atoms with E-state index >= 15 is 0 Å². The van der Waals surface area contributed by atoms with Crippen molar-refractivity contribution in [1.82, 2.24) is 0 Å². The molecule has 144 valence electrons. The summed E-state index contributed by atoms with van der Waals surface area (Å²) in [6, 6.07) is 20.8. The minimum atomic E-state index is -0.395. The van der Waals surface area contributed by atoms with Crippen LogP contribution in [0.3, 0.4) is 0 Å². The van der Waals surface area contributed by atoms with Crippen molar-refractivity contribution >= 4 is 34.8 Å². The molecule has 0 bridgehead atoms. The molecule has 4 rings (SSSR count). The predicted octanol–water partition coefficient (Wildman–Crippen LogP) is 5.52. The largest absolute Gasteiger partial charge is 0.272 e. The van der Waals surface area contributed by atoms with Gasteiger partial charge < -0.3 is 0 Å². The van der Waals surface area contributed by atoms with Crippen LogP contribution in [0.25, 0.3) is 5.57 Å². The molecule has 0 spiro atoms. The van der Waals surface area contributed by atoms with Gasteiger partial charge in [-0.3, -0.25) is 9.59 Å². The molecule has 2 amide bonds. The standard InChI is InChI=1S/C24H18FNO2S/c1-15-8-9-16(2)20(14-15)26-23(27)21(17-10-12-18(25)13-11-17)22(24(26)28)29-19-6-4-3-5-7-19/h3-14H,1-2H3. The summed E-state index contributed by atoms with van der Waals surface area (Å²) in [6.45, 7) is 3.79. The summed E-state index contributed by atoms with van der Waals surface area (Å²) in [5, 5.41) is 0. The van der Waals surface area contributed by atoms with Crippen molar-refractivity contribution in [3.63, 3.8) is 0 Å². The van der Waals surface area contributed by atoms with Crippen LogP contribution in [-0.4, -0.2) is 11.8 Å². The van der Waals surface area contributed by atoms with Crippen LogP contribution in [0.15, 0.2) is 82.6 Å². The minimum Gasteiger partial charge on any atom is -0.268 e. The maximum atomic E-state index is 13.4. The van der Waals surface area contributed by atoms with Crippen LogP contribution in [0, 0.1) is 19.7 Å². The summed E-state index contributed by atoms with van der Waals surface area (Å²) < 4.78 is 13.4. The highest BCUT2D eigenvalue weighted by atomic mass is 32.2. The van der Waals surface area contributed by atoms with Gasteiger partial charge in [-0.25, -0.2) is 9.29 Å². The SMILES string of the molecule is Cc1ccc(C)c(N2C(=O)C(Sc3ccccc3)=C(c3ccc(F)cc3)C2=O)c1. The van der Waals surface area contributed by atoms with Crippen LogP contribution < -0.4 is 4.90 Å². The van der Waals surface area contributed by atoms with E-state index in [4.69, 9.17) is 0 Å². The first-order valence-corrected chi connectivity index (χ1v) is 9.96. The fraction of sp³-hybridized carbons (Fsp3) is 0.0833. The van der Waals surface area contributed by atoms with Gasteiger partial charge in [-0.2, -0.15) is 0 Å². The maximum absolute atomic E-state index is 13.4. The minimum absolute atomic E-state index is 0.296. The zero-order valence-electron chi connectivity index (χ0n) is 16.0. The third-order valence-electron chi connectivity index (χ3n) is 4.74. The Morgan fingerprint density at radius 3 is 2.21 bits per heavy atom. The number of aryl methyl sites for hydroxylation is 2. The lowest BCUT2D eigenvalue weighted by Gasteiger charge is -2.18. The summed E-state index contributed by atoms with van der Waals surface area (Å²) >= 11 is 1.25. The molecule has 0 atom stereocenters. The van der Waals surface area contributed by atoms with Gasteiger partial charge in [0.2, 0.25) is 0 Å². The molecule has 29 heavy (non-hydrogen) atoms. The first-order chi connectivity index (χ1) is 14.0. The average Bonchev–Trinajstić information content (AvgIpc) is 2.95. The topological polar surface area (TPSA) is 37.4 Å². The van der Waals surface area contributed by atoms with E-state index in [1.807, 2.05) is 62.4 Å². The molecule has 0 aliphatic carbocycles. The molecule has 0 saturated carbocycles. The number of amides is 2. The predicted molar refractivity (Wildman–Crippen MR) is 114 cm³/mol. The zero-order valence-corrected chi connectivity index (χ0v) is 16.8. The molecular weight excluding hydrogens is 385 g/mol. The average molecular weight is 403 g/mol. The second-order valence-electron chi connectivity index (χ2n) is 6.86. The number of imide groups is 1. The Balaban J connectivity index is 1.85. The Labute approximate surface area is 172 Å². The number of nitrogens with zero attached hydrogens (tertiary/aromatic N) is 1. The summed E-state index contributed by atoms with van der Waals surface area (Å²) in [7, 11) is 0. The molecular formula is C24H18FNO2S. The lowest BCUT2D eigenvalue weighted by atomic mass is 10.1. The summed E-state index contributed by atoms with van der Waals surface area (Å²) in [4.78, 5) is 29.2. The smallest absolute Gasteiger partial charge is 0.268 e. The second kappa shape index (κ2) is 7.68. The summed E-state index contributed by atoms with van der Waals surface area (Å²) in [6.07, 6.45) is 0. The molecule has 0 aromatic heterocycles. The molecule has 1 aliphatic heterocycles. The van der Waals surface area contributed by atoms with Crippen molar-refractivity contribution < 1.29 is 14.0 Å². The first kappa shape index (κ1) is 19.2. The van der Waals surface area contributed by atoms with Crippen LogP contribution >= 0.6 is 11.8 Å². The third-order valence-corrected chi connectivity index (χ3v) is 5.83. The van der Waals surface area contributed by atoms with Crippen LogP contribution in [0.5, 0.6) is 0 Å².